The molecule has 1 saturated heterocycles. The van der Waals surface area contributed by atoms with E-state index < -0.39 is 0 Å². The quantitative estimate of drug-likeness (QED) is 0.701. The normalized spacial score (nSPS) is 18.3. The molecule has 1 heterocycles. The highest BCUT2D eigenvalue weighted by molar-refractivity contribution is 9.10. The average Bonchev–Trinajstić information content (AvgIpc) is 2.98. The van der Waals surface area contributed by atoms with Gasteiger partial charge < -0.3 is 9.64 Å². The molecule has 3 rings (SSSR count). The van der Waals surface area contributed by atoms with Crippen molar-refractivity contribution in [3.8, 4) is 5.75 Å². The van der Waals surface area contributed by atoms with Gasteiger partial charge >= 0.3 is 0 Å². The molecule has 1 fully saturated rings. The Hall–Kier alpha value is -1.32. The molecule has 1 atom stereocenters. The van der Waals surface area contributed by atoms with E-state index in [0.29, 0.717) is 6.61 Å². The monoisotopic (exact) mass is 373 g/mol. The minimum absolute atomic E-state index is 0.601. The van der Waals surface area contributed by atoms with Crippen molar-refractivity contribution < 1.29 is 4.74 Å². The van der Waals surface area contributed by atoms with E-state index >= 15 is 0 Å². The summed E-state index contributed by atoms with van der Waals surface area (Å²) in [4.78, 5) is 2.59. The van der Waals surface area contributed by atoms with E-state index in [4.69, 9.17) is 4.74 Å². The van der Waals surface area contributed by atoms with Crippen LogP contribution in [0.3, 0.4) is 0 Å². The van der Waals surface area contributed by atoms with Gasteiger partial charge in [-0.05, 0) is 71.9 Å². The average molecular weight is 374 g/mol. The zero-order valence-corrected chi connectivity index (χ0v) is 15.3. The lowest BCUT2D eigenvalue weighted by Crippen LogP contribution is -2.28. The number of likely N-dealkylation sites (tertiary alicyclic amines) is 1. The summed E-state index contributed by atoms with van der Waals surface area (Å²) in [5.41, 5.74) is 2.55. The van der Waals surface area contributed by atoms with Gasteiger partial charge in [0.25, 0.3) is 0 Å². The highest BCUT2D eigenvalue weighted by Gasteiger charge is 2.19. The van der Waals surface area contributed by atoms with Gasteiger partial charge in [-0.1, -0.05) is 36.4 Å². The van der Waals surface area contributed by atoms with Gasteiger partial charge in [-0.15, -0.1) is 0 Å². The molecule has 0 spiro atoms. The van der Waals surface area contributed by atoms with Gasteiger partial charge in [0.2, 0.25) is 0 Å². The standard InChI is InChI=1S/C20H24BrNO/c1-16-6-5-12-22(16)13-11-17-9-10-20(19(21)14-17)23-15-18-7-3-2-4-8-18/h2-4,7-10,14,16H,5-6,11-13,15H2,1H3/t16-/m0/s1. The Bertz CT molecular complexity index is 629. The highest BCUT2D eigenvalue weighted by atomic mass is 79.9. The van der Waals surface area contributed by atoms with E-state index in [1.165, 1.54) is 30.5 Å². The molecule has 0 bridgehead atoms. The van der Waals surface area contributed by atoms with Crippen LogP contribution in [0.4, 0.5) is 0 Å². The molecule has 0 amide bonds. The van der Waals surface area contributed by atoms with E-state index in [0.717, 1.165) is 29.2 Å². The lowest BCUT2D eigenvalue weighted by molar-refractivity contribution is 0.272. The Morgan fingerprint density at radius 1 is 1.13 bits per heavy atom. The van der Waals surface area contributed by atoms with Crippen LogP contribution in [-0.2, 0) is 13.0 Å². The molecule has 0 saturated carbocycles. The maximum absolute atomic E-state index is 5.92. The van der Waals surface area contributed by atoms with Crippen LogP contribution in [0.2, 0.25) is 0 Å². The summed E-state index contributed by atoms with van der Waals surface area (Å²) in [6.07, 6.45) is 3.79. The zero-order valence-electron chi connectivity index (χ0n) is 13.7. The molecule has 122 valence electrons. The number of ether oxygens (including phenoxy) is 1. The van der Waals surface area contributed by atoms with Crippen LogP contribution in [-0.4, -0.2) is 24.0 Å². The summed E-state index contributed by atoms with van der Waals surface area (Å²) >= 11 is 3.65. The fourth-order valence-corrected chi connectivity index (χ4v) is 3.69. The molecule has 0 aliphatic carbocycles. The van der Waals surface area contributed by atoms with Crippen LogP contribution >= 0.6 is 15.9 Å². The second-order valence-corrected chi connectivity index (χ2v) is 7.17. The molecule has 3 heteroatoms. The third kappa shape index (κ3) is 4.58. The number of hydrogen-bond donors (Lipinski definition) is 0. The number of benzene rings is 2. The molecule has 1 aliphatic heterocycles. The van der Waals surface area contributed by atoms with Gasteiger partial charge in [0, 0.05) is 12.6 Å². The lowest BCUT2D eigenvalue weighted by atomic mass is 10.1. The fourth-order valence-electron chi connectivity index (χ4n) is 3.15. The Morgan fingerprint density at radius 3 is 2.65 bits per heavy atom. The van der Waals surface area contributed by atoms with Crippen molar-refractivity contribution in [3.05, 3.63) is 64.1 Å². The van der Waals surface area contributed by atoms with Gasteiger partial charge in [0.15, 0.2) is 0 Å². The summed E-state index contributed by atoms with van der Waals surface area (Å²) in [6.45, 7) is 5.34. The largest absolute Gasteiger partial charge is 0.488 e. The molecule has 0 unspecified atom stereocenters. The second-order valence-electron chi connectivity index (χ2n) is 6.32. The third-order valence-electron chi connectivity index (χ3n) is 4.61. The van der Waals surface area contributed by atoms with E-state index in [2.05, 4.69) is 58.1 Å². The van der Waals surface area contributed by atoms with E-state index in [9.17, 15) is 0 Å². The number of hydrogen-bond acceptors (Lipinski definition) is 2. The van der Waals surface area contributed by atoms with Gasteiger partial charge in [-0.2, -0.15) is 0 Å². The van der Waals surface area contributed by atoms with Crippen molar-refractivity contribution in [1.82, 2.24) is 4.90 Å². The predicted molar refractivity (Wildman–Crippen MR) is 98.9 cm³/mol. The van der Waals surface area contributed by atoms with E-state index in [-0.39, 0.29) is 0 Å². The minimum atomic E-state index is 0.601. The Kier molecular flexibility index (Phi) is 5.74. The van der Waals surface area contributed by atoms with Gasteiger partial charge in [0.1, 0.15) is 12.4 Å². The minimum Gasteiger partial charge on any atom is -0.488 e. The van der Waals surface area contributed by atoms with Crippen LogP contribution in [0.1, 0.15) is 30.9 Å². The van der Waals surface area contributed by atoms with Crippen LogP contribution in [0.5, 0.6) is 5.75 Å². The smallest absolute Gasteiger partial charge is 0.134 e. The molecular weight excluding hydrogens is 350 g/mol. The van der Waals surface area contributed by atoms with Crippen molar-refractivity contribution >= 4 is 15.9 Å². The SMILES string of the molecule is C[C@H]1CCCN1CCc1ccc(OCc2ccccc2)c(Br)c1. The molecule has 2 nitrogen and oxygen atoms in total. The first-order chi connectivity index (χ1) is 11.2. The molecule has 2 aromatic rings. The van der Waals surface area contributed by atoms with Gasteiger partial charge in [0.05, 0.1) is 4.47 Å². The van der Waals surface area contributed by atoms with Crippen molar-refractivity contribution in [2.75, 3.05) is 13.1 Å². The highest BCUT2D eigenvalue weighted by Crippen LogP contribution is 2.27. The van der Waals surface area contributed by atoms with E-state index in [1.807, 2.05) is 18.2 Å². The predicted octanol–water partition coefficient (Wildman–Crippen LogP) is 5.05. The number of rotatable bonds is 6. The van der Waals surface area contributed by atoms with Crippen LogP contribution < -0.4 is 4.74 Å². The third-order valence-corrected chi connectivity index (χ3v) is 5.23. The van der Waals surface area contributed by atoms with E-state index in [1.54, 1.807) is 0 Å². The second kappa shape index (κ2) is 7.98. The molecular formula is C20H24BrNO. The Balaban J connectivity index is 1.55. The first-order valence-electron chi connectivity index (χ1n) is 8.41. The van der Waals surface area contributed by atoms with Crippen molar-refractivity contribution in [2.24, 2.45) is 0 Å². The molecule has 2 aromatic carbocycles. The first kappa shape index (κ1) is 16.5. The molecule has 23 heavy (non-hydrogen) atoms. The maximum Gasteiger partial charge on any atom is 0.134 e. The van der Waals surface area contributed by atoms with Crippen LogP contribution in [0.15, 0.2) is 53.0 Å². The Morgan fingerprint density at radius 2 is 1.96 bits per heavy atom. The van der Waals surface area contributed by atoms with Crippen molar-refractivity contribution in [3.63, 3.8) is 0 Å². The van der Waals surface area contributed by atoms with Gasteiger partial charge in [-0.25, -0.2) is 0 Å². The maximum atomic E-state index is 5.92. The van der Waals surface area contributed by atoms with Crippen molar-refractivity contribution in [2.45, 2.75) is 38.8 Å². The summed E-state index contributed by atoms with van der Waals surface area (Å²) in [6, 6.07) is 17.5. The fraction of sp³-hybridized carbons (Fsp3) is 0.400. The van der Waals surface area contributed by atoms with Gasteiger partial charge in [-0.3, -0.25) is 0 Å². The summed E-state index contributed by atoms with van der Waals surface area (Å²) in [5, 5.41) is 0. The molecule has 0 radical (unpaired) electrons. The summed E-state index contributed by atoms with van der Waals surface area (Å²) in [7, 11) is 0. The molecule has 0 N–H and O–H groups in total. The number of nitrogens with zero attached hydrogens (tertiary/aromatic N) is 1. The van der Waals surface area contributed by atoms with Crippen LogP contribution in [0, 0.1) is 0 Å². The zero-order chi connectivity index (χ0) is 16.1. The number of halogens is 1. The van der Waals surface area contributed by atoms with Crippen molar-refractivity contribution in [1.29, 1.82) is 0 Å². The first-order valence-corrected chi connectivity index (χ1v) is 9.21. The lowest BCUT2D eigenvalue weighted by Gasteiger charge is -2.20. The molecule has 0 aromatic heterocycles. The van der Waals surface area contributed by atoms with Crippen LogP contribution in [0.25, 0.3) is 0 Å². The Labute approximate surface area is 147 Å². The summed E-state index contributed by atoms with van der Waals surface area (Å²) in [5.74, 6) is 0.909. The topological polar surface area (TPSA) is 12.5 Å². The molecule has 1 aliphatic rings. The summed E-state index contributed by atoms with van der Waals surface area (Å²) < 4.78 is 6.96.